The predicted molar refractivity (Wildman–Crippen MR) is 84.1 cm³/mol. The molecule has 22 heavy (non-hydrogen) atoms. The van der Waals surface area contributed by atoms with Crippen LogP contribution in [0.1, 0.15) is 19.3 Å². The highest BCUT2D eigenvalue weighted by Gasteiger charge is 2.34. The number of nitrogens with two attached hydrogens (primary N) is 1. The van der Waals surface area contributed by atoms with Gasteiger partial charge in [0.1, 0.15) is 0 Å². The van der Waals surface area contributed by atoms with Crippen LogP contribution in [0.25, 0.3) is 10.9 Å². The van der Waals surface area contributed by atoms with Gasteiger partial charge in [-0.15, -0.1) is 0 Å². The molecule has 1 aliphatic carbocycles. The number of rotatable bonds is 5. The fraction of sp³-hybridized carbons (Fsp3) is 0.500. The van der Waals surface area contributed by atoms with Crippen LogP contribution < -0.4 is 11.1 Å². The van der Waals surface area contributed by atoms with Gasteiger partial charge in [0, 0.05) is 30.4 Å². The summed E-state index contributed by atoms with van der Waals surface area (Å²) in [7, 11) is 0. The lowest BCUT2D eigenvalue weighted by Crippen LogP contribution is -2.31. The second-order valence-electron chi connectivity index (χ2n) is 5.97. The zero-order valence-electron chi connectivity index (χ0n) is 12.5. The van der Waals surface area contributed by atoms with Crippen LogP contribution >= 0.6 is 0 Å². The smallest absolute Gasteiger partial charge is 0.223 e. The maximum Gasteiger partial charge on any atom is 0.223 e. The van der Waals surface area contributed by atoms with E-state index in [4.69, 9.17) is 5.73 Å². The molecule has 0 spiro atoms. The topological polar surface area (TPSA) is 93.2 Å². The van der Waals surface area contributed by atoms with Gasteiger partial charge in [0.15, 0.2) is 0 Å². The fourth-order valence-corrected chi connectivity index (χ4v) is 3.05. The van der Waals surface area contributed by atoms with Crippen LogP contribution in [0, 0.1) is 5.92 Å². The molecule has 1 amide bonds. The Balaban J connectivity index is 1.45. The summed E-state index contributed by atoms with van der Waals surface area (Å²) in [6, 6.07) is 7.80. The quantitative estimate of drug-likeness (QED) is 0.707. The number of carbonyl (C=O) groups excluding carboxylic acids is 1. The fourth-order valence-electron chi connectivity index (χ4n) is 3.05. The van der Waals surface area contributed by atoms with Crippen molar-refractivity contribution in [3.05, 3.63) is 30.5 Å². The third-order valence-corrected chi connectivity index (χ3v) is 4.34. The summed E-state index contributed by atoms with van der Waals surface area (Å²) in [6.07, 6.45) is 3.16. The normalized spacial score (nSPS) is 24.7. The van der Waals surface area contributed by atoms with Crippen molar-refractivity contribution in [2.75, 3.05) is 6.54 Å². The molecule has 1 heterocycles. The Bertz CT molecular complexity index is 644. The van der Waals surface area contributed by atoms with Crippen molar-refractivity contribution in [2.45, 2.75) is 38.0 Å². The number of nitrogens with zero attached hydrogens (tertiary/aromatic N) is 2. The first-order valence-electron chi connectivity index (χ1n) is 7.77. The molecule has 6 heteroatoms. The van der Waals surface area contributed by atoms with E-state index in [1.165, 1.54) is 0 Å². The zero-order chi connectivity index (χ0) is 15.5. The average molecular weight is 302 g/mol. The van der Waals surface area contributed by atoms with E-state index in [-0.39, 0.29) is 17.9 Å². The predicted octanol–water partition coefficient (Wildman–Crippen LogP) is 0.641. The van der Waals surface area contributed by atoms with Gasteiger partial charge in [0.05, 0.1) is 17.8 Å². The first kappa shape index (κ1) is 15.0. The molecule has 0 saturated heterocycles. The van der Waals surface area contributed by atoms with Gasteiger partial charge < -0.3 is 16.2 Å². The Morgan fingerprint density at radius 1 is 1.41 bits per heavy atom. The highest BCUT2D eigenvalue weighted by molar-refractivity contribution is 5.79. The highest BCUT2D eigenvalue weighted by Crippen LogP contribution is 2.24. The van der Waals surface area contributed by atoms with Crippen LogP contribution in [-0.4, -0.2) is 39.5 Å². The van der Waals surface area contributed by atoms with Gasteiger partial charge in [0.25, 0.3) is 0 Å². The van der Waals surface area contributed by atoms with E-state index in [9.17, 15) is 9.90 Å². The number of aliphatic hydroxyl groups excluding tert-OH is 1. The third kappa shape index (κ3) is 3.13. The summed E-state index contributed by atoms with van der Waals surface area (Å²) < 4.78 is 1.96. The molecule has 0 radical (unpaired) electrons. The van der Waals surface area contributed by atoms with Crippen molar-refractivity contribution >= 4 is 16.8 Å². The van der Waals surface area contributed by atoms with Crippen LogP contribution in [0.3, 0.4) is 0 Å². The van der Waals surface area contributed by atoms with E-state index in [0.29, 0.717) is 19.4 Å². The van der Waals surface area contributed by atoms with Gasteiger partial charge in [-0.2, -0.15) is 5.10 Å². The van der Waals surface area contributed by atoms with E-state index in [0.717, 1.165) is 23.9 Å². The summed E-state index contributed by atoms with van der Waals surface area (Å²) in [5, 5.41) is 18.0. The standard InChI is InChI=1S/C16H22N4O2/c17-13-8-12(9-15(13)21)16(22)18-6-3-7-20-14-5-2-1-4-11(14)10-19-20/h1-2,4-5,10,12-13,15,21H,3,6-9,17H2,(H,18,22)/t12-,13-,15-/m0/s1. The van der Waals surface area contributed by atoms with Crippen LogP contribution in [0.4, 0.5) is 0 Å². The molecule has 4 N–H and O–H groups in total. The van der Waals surface area contributed by atoms with Crippen molar-refractivity contribution < 1.29 is 9.90 Å². The molecule has 1 aliphatic rings. The first-order valence-corrected chi connectivity index (χ1v) is 7.77. The molecule has 1 aromatic carbocycles. The van der Waals surface area contributed by atoms with Crippen LogP contribution in [0.5, 0.6) is 0 Å². The van der Waals surface area contributed by atoms with Gasteiger partial charge in [-0.3, -0.25) is 9.48 Å². The van der Waals surface area contributed by atoms with Crippen LogP contribution in [0.2, 0.25) is 0 Å². The number of carbonyl (C=O) groups is 1. The SMILES string of the molecule is N[C@H]1C[C@H](C(=O)NCCCn2ncc3ccccc32)C[C@@H]1O. The number of hydrogen-bond acceptors (Lipinski definition) is 4. The number of fused-ring (bicyclic) bond motifs is 1. The van der Waals surface area contributed by atoms with Crippen molar-refractivity contribution in [3.8, 4) is 0 Å². The van der Waals surface area contributed by atoms with E-state index in [2.05, 4.69) is 10.4 Å². The minimum absolute atomic E-state index is 0.00248. The Morgan fingerprint density at radius 3 is 3.00 bits per heavy atom. The molecule has 0 unspecified atom stereocenters. The van der Waals surface area contributed by atoms with E-state index >= 15 is 0 Å². The number of nitrogens with one attached hydrogen (secondary N) is 1. The Labute approximate surface area is 129 Å². The first-order chi connectivity index (χ1) is 10.6. The maximum atomic E-state index is 12.0. The van der Waals surface area contributed by atoms with Crippen molar-refractivity contribution in [1.82, 2.24) is 15.1 Å². The van der Waals surface area contributed by atoms with E-state index in [1.54, 1.807) is 0 Å². The number of benzene rings is 1. The molecule has 118 valence electrons. The maximum absolute atomic E-state index is 12.0. The summed E-state index contributed by atoms with van der Waals surface area (Å²) >= 11 is 0. The number of amides is 1. The lowest BCUT2D eigenvalue weighted by Gasteiger charge is -2.10. The monoisotopic (exact) mass is 302 g/mol. The molecule has 1 saturated carbocycles. The molecule has 2 aromatic rings. The van der Waals surface area contributed by atoms with Gasteiger partial charge in [0.2, 0.25) is 5.91 Å². The molecule has 1 fully saturated rings. The molecular formula is C16H22N4O2. The van der Waals surface area contributed by atoms with Gasteiger partial charge in [-0.05, 0) is 25.3 Å². The number of aryl methyl sites for hydroxylation is 1. The van der Waals surface area contributed by atoms with Crippen molar-refractivity contribution in [1.29, 1.82) is 0 Å². The molecule has 3 atom stereocenters. The van der Waals surface area contributed by atoms with Crippen LogP contribution in [-0.2, 0) is 11.3 Å². The summed E-state index contributed by atoms with van der Waals surface area (Å²) in [6.45, 7) is 1.37. The Hall–Kier alpha value is -1.92. The lowest BCUT2D eigenvalue weighted by molar-refractivity contribution is -0.125. The molecular weight excluding hydrogens is 280 g/mol. The summed E-state index contributed by atoms with van der Waals surface area (Å²) in [5.74, 6) is -0.159. The summed E-state index contributed by atoms with van der Waals surface area (Å²) in [5.41, 5.74) is 6.85. The second kappa shape index (κ2) is 6.46. The number of aromatic nitrogens is 2. The number of hydrogen-bond donors (Lipinski definition) is 3. The molecule has 3 rings (SSSR count). The Morgan fingerprint density at radius 2 is 2.23 bits per heavy atom. The molecule has 6 nitrogen and oxygen atoms in total. The third-order valence-electron chi connectivity index (χ3n) is 4.34. The molecule has 1 aromatic heterocycles. The summed E-state index contributed by atoms with van der Waals surface area (Å²) in [4.78, 5) is 12.0. The highest BCUT2D eigenvalue weighted by atomic mass is 16.3. The molecule has 0 aliphatic heterocycles. The largest absolute Gasteiger partial charge is 0.391 e. The molecule has 0 bridgehead atoms. The Kier molecular flexibility index (Phi) is 4.40. The van der Waals surface area contributed by atoms with E-state index in [1.807, 2.05) is 35.1 Å². The van der Waals surface area contributed by atoms with Gasteiger partial charge in [-0.25, -0.2) is 0 Å². The van der Waals surface area contributed by atoms with Gasteiger partial charge >= 0.3 is 0 Å². The lowest BCUT2D eigenvalue weighted by atomic mass is 10.1. The zero-order valence-corrected chi connectivity index (χ0v) is 12.5. The van der Waals surface area contributed by atoms with Gasteiger partial charge in [-0.1, -0.05) is 18.2 Å². The van der Waals surface area contributed by atoms with Crippen LogP contribution in [0.15, 0.2) is 30.5 Å². The van der Waals surface area contributed by atoms with Crippen molar-refractivity contribution in [3.63, 3.8) is 0 Å². The number of para-hydroxylation sites is 1. The average Bonchev–Trinajstić information content (AvgIpc) is 3.08. The minimum Gasteiger partial charge on any atom is -0.391 e. The second-order valence-corrected chi connectivity index (χ2v) is 5.97. The number of aliphatic hydroxyl groups is 1. The van der Waals surface area contributed by atoms with E-state index < -0.39 is 6.10 Å². The van der Waals surface area contributed by atoms with Crippen molar-refractivity contribution in [2.24, 2.45) is 11.7 Å². The minimum atomic E-state index is -0.550.